The Hall–Kier alpha value is -7.39. The molecule has 0 fully saturated rings. The maximum absolute atomic E-state index is 2.49. The fraction of sp³-hybridized carbons (Fsp3) is 0.0169. The monoisotopic (exact) mass is 793 g/mol. The van der Waals surface area contributed by atoms with E-state index in [0.29, 0.717) is 0 Å². The van der Waals surface area contributed by atoms with Crippen LogP contribution in [0.25, 0.3) is 55.3 Å². The molecule has 1 spiro atoms. The first kappa shape index (κ1) is 35.5. The third kappa shape index (κ3) is 5.71. The van der Waals surface area contributed by atoms with Gasteiger partial charge in [0.05, 0.1) is 5.41 Å². The predicted molar refractivity (Wildman–Crippen MR) is 256 cm³/mol. The number of hydrogen-bond donors (Lipinski definition) is 0. The molecule has 0 aromatic heterocycles. The summed E-state index contributed by atoms with van der Waals surface area (Å²) in [5, 5.41) is 2.51. The Balaban J connectivity index is 0.966. The molecule has 61 heavy (non-hydrogen) atoms. The highest BCUT2D eigenvalue weighted by Crippen LogP contribution is 2.62. The minimum atomic E-state index is -0.391. The van der Waals surface area contributed by atoms with E-state index in [9.17, 15) is 0 Å². The molecule has 1 aliphatic carbocycles. The zero-order valence-corrected chi connectivity index (χ0v) is 34.2. The van der Waals surface area contributed by atoms with Crippen molar-refractivity contribution in [3.8, 4) is 44.5 Å². The largest absolute Gasteiger partial charge is 0.311 e. The summed E-state index contributed by atoms with van der Waals surface area (Å²) in [4.78, 5) is 4.99. The molecule has 2 heteroatoms. The van der Waals surface area contributed by atoms with Crippen LogP contribution in [0.2, 0.25) is 0 Å². The third-order valence-electron chi connectivity index (χ3n) is 12.7. The molecule has 12 rings (SSSR count). The first-order valence-electron chi connectivity index (χ1n) is 21.0. The Labute approximate surface area is 361 Å². The molecular formula is C59H39NS. The lowest BCUT2D eigenvalue weighted by Gasteiger charge is -2.40. The van der Waals surface area contributed by atoms with Crippen LogP contribution in [0.5, 0.6) is 0 Å². The van der Waals surface area contributed by atoms with Gasteiger partial charge in [0.15, 0.2) is 0 Å². The number of fused-ring (bicyclic) bond motifs is 10. The molecule has 10 aromatic carbocycles. The molecule has 0 N–H and O–H groups in total. The van der Waals surface area contributed by atoms with E-state index in [2.05, 4.69) is 241 Å². The van der Waals surface area contributed by atoms with E-state index >= 15 is 0 Å². The summed E-state index contributed by atoms with van der Waals surface area (Å²) in [6, 6.07) is 87.0. The summed E-state index contributed by atoms with van der Waals surface area (Å²) in [6.45, 7) is 0. The van der Waals surface area contributed by atoms with Gasteiger partial charge in [-0.15, -0.1) is 0 Å². The predicted octanol–water partition coefficient (Wildman–Crippen LogP) is 16.1. The molecule has 1 aliphatic heterocycles. The lowest BCUT2D eigenvalue weighted by Crippen LogP contribution is -2.31. The number of nitrogens with zero attached hydrogens (tertiary/aromatic N) is 1. The summed E-state index contributed by atoms with van der Waals surface area (Å²) in [5.41, 5.74) is 18.3. The van der Waals surface area contributed by atoms with Crippen molar-refractivity contribution in [1.29, 1.82) is 0 Å². The van der Waals surface area contributed by atoms with Crippen molar-refractivity contribution in [1.82, 2.24) is 0 Å². The quantitative estimate of drug-likeness (QED) is 0.165. The van der Waals surface area contributed by atoms with Crippen LogP contribution in [-0.2, 0) is 5.41 Å². The maximum Gasteiger partial charge on any atom is 0.0735 e. The van der Waals surface area contributed by atoms with Gasteiger partial charge < -0.3 is 4.90 Å². The molecule has 10 aromatic rings. The van der Waals surface area contributed by atoms with E-state index in [1.54, 1.807) is 0 Å². The van der Waals surface area contributed by atoms with E-state index in [0.717, 1.165) is 17.1 Å². The Morgan fingerprint density at radius 1 is 0.295 bits per heavy atom. The Morgan fingerprint density at radius 2 is 0.738 bits per heavy atom. The third-order valence-corrected chi connectivity index (χ3v) is 13.9. The fourth-order valence-corrected chi connectivity index (χ4v) is 11.2. The van der Waals surface area contributed by atoms with E-state index in [4.69, 9.17) is 0 Å². The van der Waals surface area contributed by atoms with Gasteiger partial charge in [0.2, 0.25) is 0 Å². The molecule has 1 heterocycles. The first-order chi connectivity index (χ1) is 30.2. The van der Waals surface area contributed by atoms with Crippen LogP contribution in [0.15, 0.2) is 246 Å². The molecule has 286 valence electrons. The van der Waals surface area contributed by atoms with Gasteiger partial charge in [0.1, 0.15) is 0 Å². The van der Waals surface area contributed by atoms with Crippen LogP contribution in [0, 0.1) is 0 Å². The van der Waals surface area contributed by atoms with E-state index in [-0.39, 0.29) is 0 Å². The second-order valence-corrected chi connectivity index (χ2v) is 17.1. The van der Waals surface area contributed by atoms with E-state index < -0.39 is 5.41 Å². The summed E-state index contributed by atoms with van der Waals surface area (Å²) >= 11 is 1.91. The van der Waals surface area contributed by atoms with E-state index in [1.807, 2.05) is 11.8 Å². The maximum atomic E-state index is 2.49. The molecule has 0 radical (unpaired) electrons. The van der Waals surface area contributed by atoms with Crippen LogP contribution in [-0.4, -0.2) is 0 Å². The topological polar surface area (TPSA) is 3.24 Å². The number of benzene rings is 10. The number of hydrogen-bond acceptors (Lipinski definition) is 2. The molecule has 2 aliphatic rings. The average Bonchev–Trinajstić information content (AvgIpc) is 3.63. The van der Waals surface area contributed by atoms with Gasteiger partial charge in [0, 0.05) is 26.9 Å². The highest BCUT2D eigenvalue weighted by atomic mass is 32.2. The van der Waals surface area contributed by atoms with Crippen molar-refractivity contribution in [3.63, 3.8) is 0 Å². The Bertz CT molecular complexity index is 3110. The van der Waals surface area contributed by atoms with Gasteiger partial charge in [-0.1, -0.05) is 194 Å². The van der Waals surface area contributed by atoms with Crippen molar-refractivity contribution >= 4 is 39.6 Å². The molecule has 0 saturated heterocycles. The molecule has 0 amide bonds. The van der Waals surface area contributed by atoms with Crippen LogP contribution in [0.4, 0.5) is 17.1 Å². The molecule has 0 bridgehead atoms. The zero-order valence-electron chi connectivity index (χ0n) is 33.4. The zero-order chi connectivity index (χ0) is 40.3. The molecule has 0 saturated carbocycles. The normalized spacial score (nSPS) is 13.0. The fourth-order valence-electron chi connectivity index (χ4n) is 9.98. The highest BCUT2D eigenvalue weighted by molar-refractivity contribution is 7.99. The minimum Gasteiger partial charge on any atom is -0.311 e. The summed E-state index contributed by atoms with van der Waals surface area (Å²) in [6.07, 6.45) is 0. The van der Waals surface area contributed by atoms with Crippen molar-refractivity contribution < 1.29 is 0 Å². The smallest absolute Gasteiger partial charge is 0.0735 e. The van der Waals surface area contributed by atoms with Crippen LogP contribution in [0.1, 0.15) is 22.3 Å². The standard InChI is InChI=1S/C59H39NS/c1-3-14-40(15-4-1)42-26-32-46(33-27-42)60(47-34-28-43(29-35-47)41-16-5-2-6-17-41)48-36-30-44(31-37-48)49-21-13-18-45-38-56-58(39-52(45)49)61-57-25-12-11-24-55(57)59(56)53-22-9-7-19-50(53)51-20-8-10-23-54(51)59/h1-39H. The minimum absolute atomic E-state index is 0.391. The van der Waals surface area contributed by atoms with Gasteiger partial charge in [0.25, 0.3) is 0 Å². The summed E-state index contributed by atoms with van der Waals surface area (Å²) < 4.78 is 0. The first-order valence-corrected chi connectivity index (χ1v) is 21.8. The van der Waals surface area contributed by atoms with Gasteiger partial charge in [-0.25, -0.2) is 0 Å². The van der Waals surface area contributed by atoms with Gasteiger partial charge in [-0.3, -0.25) is 0 Å². The average molecular weight is 794 g/mol. The van der Waals surface area contributed by atoms with E-state index in [1.165, 1.54) is 87.3 Å². The number of rotatable bonds is 6. The van der Waals surface area contributed by atoms with Crippen molar-refractivity contribution in [2.24, 2.45) is 0 Å². The second kappa shape index (κ2) is 14.4. The van der Waals surface area contributed by atoms with Gasteiger partial charge in [-0.2, -0.15) is 0 Å². The van der Waals surface area contributed by atoms with Crippen molar-refractivity contribution in [2.45, 2.75) is 15.2 Å². The molecular weight excluding hydrogens is 755 g/mol. The molecule has 1 nitrogen and oxygen atoms in total. The summed E-state index contributed by atoms with van der Waals surface area (Å²) in [7, 11) is 0. The molecule has 0 unspecified atom stereocenters. The van der Waals surface area contributed by atoms with Crippen molar-refractivity contribution in [3.05, 3.63) is 259 Å². The SMILES string of the molecule is c1ccc(-c2ccc(N(c3ccc(-c4ccccc4)cc3)c3ccc(-c4cccc5cc6c(cc45)Sc4ccccc4C64c5ccccc5-c5ccccc54)cc3)cc2)cc1. The van der Waals surface area contributed by atoms with Crippen LogP contribution < -0.4 is 4.90 Å². The highest BCUT2D eigenvalue weighted by Gasteiger charge is 2.50. The summed E-state index contributed by atoms with van der Waals surface area (Å²) in [5.74, 6) is 0. The lowest BCUT2D eigenvalue weighted by atomic mass is 9.67. The Kier molecular flexibility index (Phi) is 8.40. The molecule has 0 atom stereocenters. The van der Waals surface area contributed by atoms with Gasteiger partial charge >= 0.3 is 0 Å². The lowest BCUT2D eigenvalue weighted by molar-refractivity contribution is 0.724. The second-order valence-electron chi connectivity index (χ2n) is 16.0. The van der Waals surface area contributed by atoms with Gasteiger partial charge in [-0.05, 0) is 132 Å². The number of anilines is 3. The Morgan fingerprint density at radius 3 is 1.30 bits per heavy atom. The van der Waals surface area contributed by atoms with Crippen LogP contribution in [0.3, 0.4) is 0 Å². The van der Waals surface area contributed by atoms with Crippen LogP contribution >= 0.6 is 11.8 Å². The van der Waals surface area contributed by atoms with Crippen molar-refractivity contribution in [2.75, 3.05) is 4.90 Å².